The molecule has 1 aromatic heterocycles. The maximum atomic E-state index is 11.7. The van der Waals surface area contributed by atoms with E-state index < -0.39 is 23.7 Å². The molecule has 1 amide bonds. The summed E-state index contributed by atoms with van der Waals surface area (Å²) in [6.07, 6.45) is 2.30. The average molecular weight is 269 g/mol. The zero-order chi connectivity index (χ0) is 14.6. The summed E-state index contributed by atoms with van der Waals surface area (Å²) in [7, 11) is 1.73. The molecular formula is C12H19N3O4. The third-order valence-electron chi connectivity index (χ3n) is 2.24. The van der Waals surface area contributed by atoms with Gasteiger partial charge in [-0.15, -0.1) is 0 Å². The van der Waals surface area contributed by atoms with Gasteiger partial charge in [-0.1, -0.05) is 0 Å². The number of nitrogens with zero attached hydrogens (tertiary/aromatic N) is 2. The Hall–Kier alpha value is -2.05. The molecule has 7 heteroatoms. The van der Waals surface area contributed by atoms with Crippen LogP contribution in [0.5, 0.6) is 0 Å². The molecule has 0 aliphatic heterocycles. The van der Waals surface area contributed by atoms with Crippen molar-refractivity contribution < 1.29 is 19.4 Å². The van der Waals surface area contributed by atoms with Gasteiger partial charge in [0.05, 0.1) is 6.42 Å². The van der Waals surface area contributed by atoms with E-state index >= 15 is 0 Å². The maximum Gasteiger partial charge on any atom is 0.408 e. The van der Waals surface area contributed by atoms with E-state index in [4.69, 9.17) is 9.84 Å². The van der Waals surface area contributed by atoms with Crippen molar-refractivity contribution in [3.05, 3.63) is 18.2 Å². The normalized spacial score (nSPS) is 12.8. The maximum absolute atomic E-state index is 11.7. The van der Waals surface area contributed by atoms with Crippen molar-refractivity contribution in [2.24, 2.45) is 7.05 Å². The Morgan fingerprint density at radius 1 is 1.53 bits per heavy atom. The van der Waals surface area contributed by atoms with Crippen LogP contribution in [0.1, 0.15) is 39.1 Å². The van der Waals surface area contributed by atoms with Crippen LogP contribution in [-0.2, 0) is 16.6 Å². The minimum absolute atomic E-state index is 0.260. The Bertz CT molecular complexity index is 462. The zero-order valence-electron chi connectivity index (χ0n) is 11.5. The van der Waals surface area contributed by atoms with Gasteiger partial charge in [-0.05, 0) is 20.8 Å². The first-order valence-corrected chi connectivity index (χ1v) is 5.87. The van der Waals surface area contributed by atoms with Crippen molar-refractivity contribution in [2.75, 3.05) is 0 Å². The summed E-state index contributed by atoms with van der Waals surface area (Å²) in [5.41, 5.74) is -0.639. The second-order valence-electron chi connectivity index (χ2n) is 5.19. The lowest BCUT2D eigenvalue weighted by Gasteiger charge is -2.22. The van der Waals surface area contributed by atoms with Gasteiger partial charge in [0.2, 0.25) is 0 Å². The minimum atomic E-state index is -1.02. The van der Waals surface area contributed by atoms with E-state index in [9.17, 15) is 9.59 Å². The number of ether oxygens (including phenoxy) is 1. The topological polar surface area (TPSA) is 93.5 Å². The summed E-state index contributed by atoms with van der Waals surface area (Å²) < 4.78 is 6.77. The average Bonchev–Trinajstić information content (AvgIpc) is 2.59. The Morgan fingerprint density at radius 3 is 2.58 bits per heavy atom. The molecule has 0 aromatic carbocycles. The van der Waals surface area contributed by atoms with Crippen molar-refractivity contribution in [3.8, 4) is 0 Å². The number of carboxylic acid groups (broad SMARTS) is 1. The molecule has 0 radical (unpaired) electrons. The second-order valence-corrected chi connectivity index (χ2v) is 5.19. The molecule has 2 N–H and O–H groups in total. The fraction of sp³-hybridized carbons (Fsp3) is 0.583. The molecular weight excluding hydrogens is 250 g/mol. The summed E-state index contributed by atoms with van der Waals surface area (Å²) in [6.45, 7) is 5.21. The van der Waals surface area contributed by atoms with E-state index in [0.29, 0.717) is 5.82 Å². The number of aryl methyl sites for hydroxylation is 1. The number of aliphatic carboxylic acids is 1. The number of alkyl carbamates (subject to hydrolysis) is 1. The molecule has 1 heterocycles. The van der Waals surface area contributed by atoms with Gasteiger partial charge in [-0.25, -0.2) is 9.78 Å². The van der Waals surface area contributed by atoms with Gasteiger partial charge >= 0.3 is 12.1 Å². The molecule has 106 valence electrons. The molecule has 0 spiro atoms. The Kier molecular flexibility index (Phi) is 4.52. The van der Waals surface area contributed by atoms with Crippen LogP contribution in [-0.4, -0.2) is 32.3 Å². The fourth-order valence-electron chi connectivity index (χ4n) is 1.54. The second kappa shape index (κ2) is 5.73. The number of carboxylic acids is 1. The number of carbonyl (C=O) groups excluding carboxylic acids is 1. The van der Waals surface area contributed by atoms with Crippen LogP contribution < -0.4 is 5.32 Å². The smallest absolute Gasteiger partial charge is 0.408 e. The highest BCUT2D eigenvalue weighted by atomic mass is 16.6. The monoisotopic (exact) mass is 269 g/mol. The number of nitrogens with one attached hydrogen (secondary N) is 1. The highest BCUT2D eigenvalue weighted by Gasteiger charge is 2.24. The first-order chi connectivity index (χ1) is 8.69. The Balaban J connectivity index is 2.79. The van der Waals surface area contributed by atoms with Gasteiger partial charge in [0.25, 0.3) is 0 Å². The Morgan fingerprint density at radius 2 is 2.16 bits per heavy atom. The SMILES string of the molecule is Cn1ccnc1[C@H](CC(=O)O)NC(=O)OC(C)(C)C. The highest BCUT2D eigenvalue weighted by Crippen LogP contribution is 2.16. The molecule has 1 rings (SSSR count). The van der Waals surface area contributed by atoms with Crippen molar-refractivity contribution in [1.29, 1.82) is 0 Å². The van der Waals surface area contributed by atoms with Gasteiger partial charge in [0, 0.05) is 19.4 Å². The summed E-state index contributed by atoms with van der Waals surface area (Å²) in [4.78, 5) is 26.6. The van der Waals surface area contributed by atoms with Crippen molar-refractivity contribution in [1.82, 2.24) is 14.9 Å². The molecule has 1 atom stereocenters. The third kappa shape index (κ3) is 4.99. The molecule has 0 bridgehead atoms. The standard InChI is InChI=1S/C12H19N3O4/c1-12(2,3)19-11(18)14-8(7-9(16)17)10-13-5-6-15(10)4/h5-6,8H,7H2,1-4H3,(H,14,18)(H,16,17)/t8-/m0/s1. The van der Waals surface area contributed by atoms with Gasteiger partial charge in [-0.2, -0.15) is 0 Å². The van der Waals surface area contributed by atoms with E-state index in [1.165, 1.54) is 0 Å². The van der Waals surface area contributed by atoms with E-state index in [1.54, 1.807) is 44.8 Å². The van der Waals surface area contributed by atoms with Crippen molar-refractivity contribution in [3.63, 3.8) is 0 Å². The number of carbonyl (C=O) groups is 2. The van der Waals surface area contributed by atoms with E-state index in [2.05, 4.69) is 10.3 Å². The van der Waals surface area contributed by atoms with Gasteiger partial charge in [0.15, 0.2) is 0 Å². The molecule has 0 unspecified atom stereocenters. The first kappa shape index (κ1) is 15.0. The molecule has 1 aromatic rings. The van der Waals surface area contributed by atoms with E-state index in [1.807, 2.05) is 0 Å². The largest absolute Gasteiger partial charge is 0.481 e. The van der Waals surface area contributed by atoms with Crippen LogP contribution in [0.15, 0.2) is 12.4 Å². The lowest BCUT2D eigenvalue weighted by Crippen LogP contribution is -2.36. The number of hydrogen-bond acceptors (Lipinski definition) is 4. The number of aromatic nitrogens is 2. The quantitative estimate of drug-likeness (QED) is 0.863. The molecule has 7 nitrogen and oxygen atoms in total. The summed E-state index contributed by atoms with van der Waals surface area (Å²) in [6, 6.07) is -0.729. The first-order valence-electron chi connectivity index (χ1n) is 5.87. The molecule has 0 fully saturated rings. The summed E-state index contributed by atoms with van der Waals surface area (Å²) in [5.74, 6) is -0.558. The predicted molar refractivity (Wildman–Crippen MR) is 67.6 cm³/mol. The number of rotatable bonds is 4. The van der Waals surface area contributed by atoms with Crippen LogP contribution in [0.2, 0.25) is 0 Å². The lowest BCUT2D eigenvalue weighted by molar-refractivity contribution is -0.137. The van der Waals surface area contributed by atoms with Crippen LogP contribution in [0, 0.1) is 0 Å². The van der Waals surface area contributed by atoms with Crippen LogP contribution in [0.3, 0.4) is 0 Å². The fourth-order valence-corrected chi connectivity index (χ4v) is 1.54. The molecule has 19 heavy (non-hydrogen) atoms. The minimum Gasteiger partial charge on any atom is -0.481 e. The van der Waals surface area contributed by atoms with Gasteiger partial charge < -0.3 is 19.7 Å². The predicted octanol–water partition coefficient (Wildman–Crippen LogP) is 1.46. The molecule has 0 aliphatic rings. The van der Waals surface area contributed by atoms with E-state index in [-0.39, 0.29) is 6.42 Å². The van der Waals surface area contributed by atoms with E-state index in [0.717, 1.165) is 0 Å². The summed E-state index contributed by atoms with van der Waals surface area (Å²) in [5, 5.41) is 11.4. The van der Waals surface area contributed by atoms with Gasteiger partial charge in [0.1, 0.15) is 17.5 Å². The summed E-state index contributed by atoms with van der Waals surface area (Å²) >= 11 is 0. The van der Waals surface area contributed by atoms with Crippen molar-refractivity contribution in [2.45, 2.75) is 38.8 Å². The highest BCUT2D eigenvalue weighted by molar-refractivity contribution is 5.71. The van der Waals surface area contributed by atoms with Crippen LogP contribution in [0.25, 0.3) is 0 Å². The number of amides is 1. The number of hydrogen-bond donors (Lipinski definition) is 2. The van der Waals surface area contributed by atoms with Gasteiger partial charge in [-0.3, -0.25) is 4.79 Å². The molecule has 0 saturated carbocycles. The van der Waals surface area contributed by atoms with Crippen LogP contribution in [0.4, 0.5) is 4.79 Å². The van der Waals surface area contributed by atoms with Crippen LogP contribution >= 0.6 is 0 Å². The molecule has 0 saturated heterocycles. The lowest BCUT2D eigenvalue weighted by atomic mass is 10.2. The zero-order valence-corrected chi connectivity index (χ0v) is 11.5. The Labute approximate surface area is 111 Å². The van der Waals surface area contributed by atoms with Crippen molar-refractivity contribution >= 4 is 12.1 Å². The third-order valence-corrected chi connectivity index (χ3v) is 2.24. The number of imidazole rings is 1. The molecule has 0 aliphatic carbocycles.